The van der Waals surface area contributed by atoms with E-state index in [1.165, 1.54) is 0 Å². The molecule has 7 heteroatoms. The zero-order valence-electron chi connectivity index (χ0n) is 17.9. The number of aryl methyl sites for hydroxylation is 2. The molecule has 1 N–H and O–H groups in total. The summed E-state index contributed by atoms with van der Waals surface area (Å²) in [6.45, 7) is 5.03. The molecule has 0 aliphatic heterocycles. The molecule has 0 aliphatic carbocycles. The second-order valence-corrected chi connectivity index (χ2v) is 7.27. The van der Waals surface area contributed by atoms with E-state index < -0.39 is 0 Å². The number of hydrogen-bond donors (Lipinski definition) is 1. The van der Waals surface area contributed by atoms with Gasteiger partial charge in [0.1, 0.15) is 5.75 Å². The Kier molecular flexibility index (Phi) is 5.84. The monoisotopic (exact) mass is 415 g/mol. The summed E-state index contributed by atoms with van der Waals surface area (Å²) < 4.78 is 8.99. The second-order valence-electron chi connectivity index (χ2n) is 7.27. The molecule has 0 unspecified atom stereocenters. The minimum Gasteiger partial charge on any atom is -0.494 e. The smallest absolute Gasteiger partial charge is 0.257 e. The van der Waals surface area contributed by atoms with Crippen molar-refractivity contribution in [1.82, 2.24) is 19.3 Å². The fourth-order valence-corrected chi connectivity index (χ4v) is 3.50. The van der Waals surface area contributed by atoms with Gasteiger partial charge in [-0.2, -0.15) is 5.10 Å². The predicted octanol–water partition coefficient (Wildman–Crippen LogP) is 3.95. The van der Waals surface area contributed by atoms with Gasteiger partial charge in [-0.25, -0.2) is 0 Å². The van der Waals surface area contributed by atoms with E-state index in [0.29, 0.717) is 13.2 Å². The van der Waals surface area contributed by atoms with Crippen LogP contribution in [0.4, 0.5) is 5.69 Å². The van der Waals surface area contributed by atoms with E-state index in [1.54, 1.807) is 27.7 Å². The van der Waals surface area contributed by atoms with Gasteiger partial charge in [0.15, 0.2) is 0 Å². The Balaban J connectivity index is 1.77. The van der Waals surface area contributed by atoms with E-state index in [-0.39, 0.29) is 5.56 Å². The molecule has 0 amide bonds. The third-order valence-electron chi connectivity index (χ3n) is 4.99. The van der Waals surface area contributed by atoms with Crippen LogP contribution in [0, 0.1) is 6.92 Å². The molecule has 4 aromatic rings. The topological polar surface area (TPSA) is 74.0 Å². The normalized spacial score (nSPS) is 10.8. The van der Waals surface area contributed by atoms with Crippen molar-refractivity contribution in [2.75, 3.05) is 11.9 Å². The number of nitrogens with zero attached hydrogens (tertiary/aromatic N) is 4. The fourth-order valence-electron chi connectivity index (χ4n) is 3.50. The van der Waals surface area contributed by atoms with Gasteiger partial charge in [0.25, 0.3) is 5.56 Å². The van der Waals surface area contributed by atoms with Gasteiger partial charge in [-0.15, -0.1) is 0 Å². The number of aromatic nitrogens is 4. The highest BCUT2D eigenvalue weighted by molar-refractivity contribution is 5.76. The largest absolute Gasteiger partial charge is 0.494 e. The average Bonchev–Trinajstić information content (AvgIpc) is 3.20. The molecule has 4 rings (SSSR count). The molecular formula is C24H25N5O2. The quantitative estimate of drug-likeness (QED) is 0.495. The molecule has 31 heavy (non-hydrogen) atoms. The number of nitrogens with one attached hydrogen (secondary N) is 1. The van der Waals surface area contributed by atoms with Crippen LogP contribution in [0.3, 0.4) is 0 Å². The Hall–Kier alpha value is -3.87. The van der Waals surface area contributed by atoms with Crippen molar-refractivity contribution < 1.29 is 4.74 Å². The van der Waals surface area contributed by atoms with Gasteiger partial charge in [0, 0.05) is 48.5 Å². The van der Waals surface area contributed by atoms with Crippen molar-refractivity contribution in [3.8, 4) is 22.6 Å². The van der Waals surface area contributed by atoms with E-state index in [2.05, 4.69) is 15.4 Å². The van der Waals surface area contributed by atoms with Crippen molar-refractivity contribution in [3.05, 3.63) is 88.9 Å². The molecule has 0 saturated carbocycles. The number of anilines is 1. The van der Waals surface area contributed by atoms with E-state index in [4.69, 9.17) is 4.74 Å². The maximum absolute atomic E-state index is 13.1. The Morgan fingerprint density at radius 2 is 2.00 bits per heavy atom. The van der Waals surface area contributed by atoms with Crippen molar-refractivity contribution in [1.29, 1.82) is 0 Å². The van der Waals surface area contributed by atoms with Crippen LogP contribution in [0.5, 0.6) is 5.75 Å². The number of benzene rings is 1. The van der Waals surface area contributed by atoms with Crippen LogP contribution in [0.15, 0.2) is 72.0 Å². The maximum atomic E-state index is 13.1. The molecule has 3 aromatic heterocycles. The number of ether oxygens (including phenoxy) is 1. The molecular weight excluding hydrogens is 390 g/mol. The van der Waals surface area contributed by atoms with E-state index >= 15 is 0 Å². The van der Waals surface area contributed by atoms with Crippen LogP contribution >= 0.6 is 0 Å². The van der Waals surface area contributed by atoms with Crippen LogP contribution in [-0.4, -0.2) is 25.9 Å². The Morgan fingerprint density at radius 3 is 2.68 bits per heavy atom. The Labute approximate surface area is 181 Å². The van der Waals surface area contributed by atoms with Crippen LogP contribution < -0.4 is 15.6 Å². The number of hydrogen-bond acceptors (Lipinski definition) is 5. The summed E-state index contributed by atoms with van der Waals surface area (Å²) in [5, 5.41) is 7.66. The van der Waals surface area contributed by atoms with Gasteiger partial charge in [-0.05, 0) is 49.7 Å². The molecule has 0 aliphatic rings. The highest BCUT2D eigenvalue weighted by Gasteiger charge is 2.13. The Bertz CT molecular complexity index is 1240. The van der Waals surface area contributed by atoms with Crippen molar-refractivity contribution >= 4 is 5.69 Å². The lowest BCUT2D eigenvalue weighted by atomic mass is 10.1. The predicted molar refractivity (Wildman–Crippen MR) is 122 cm³/mol. The third-order valence-corrected chi connectivity index (χ3v) is 4.99. The van der Waals surface area contributed by atoms with Crippen molar-refractivity contribution in [2.45, 2.75) is 20.4 Å². The molecule has 0 spiro atoms. The SMILES string of the molecule is CCOc1ccc(-n2cc(-c3cnn(C)c3)c(NCc3ccccn3)cc2=O)c(C)c1. The zero-order valence-corrected chi connectivity index (χ0v) is 17.9. The average molecular weight is 415 g/mol. The van der Waals surface area contributed by atoms with E-state index in [9.17, 15) is 4.79 Å². The van der Waals surface area contributed by atoms with Crippen LogP contribution in [0.2, 0.25) is 0 Å². The van der Waals surface area contributed by atoms with Gasteiger partial charge in [0.05, 0.1) is 30.7 Å². The lowest BCUT2D eigenvalue weighted by molar-refractivity contribution is 0.340. The standard InChI is InChI=1S/C24H25N5O2/c1-4-31-20-8-9-23(17(2)11-20)29-16-21(18-13-27-28(3)15-18)22(12-24(29)30)26-14-19-7-5-6-10-25-19/h5-13,15-16,26H,4,14H2,1-3H3. The van der Waals surface area contributed by atoms with Gasteiger partial charge >= 0.3 is 0 Å². The third kappa shape index (κ3) is 4.50. The number of rotatable bonds is 7. The van der Waals surface area contributed by atoms with Gasteiger partial charge in [0.2, 0.25) is 0 Å². The second kappa shape index (κ2) is 8.87. The molecule has 0 radical (unpaired) electrons. The van der Waals surface area contributed by atoms with Gasteiger partial charge in [-0.3, -0.25) is 19.0 Å². The molecule has 0 atom stereocenters. The number of pyridine rings is 2. The molecule has 158 valence electrons. The Morgan fingerprint density at radius 1 is 1.13 bits per heavy atom. The first-order valence-corrected chi connectivity index (χ1v) is 10.2. The zero-order chi connectivity index (χ0) is 21.8. The minimum absolute atomic E-state index is 0.122. The van der Waals surface area contributed by atoms with Gasteiger partial charge in [-0.1, -0.05) is 6.07 Å². The molecule has 0 bridgehead atoms. The van der Waals surface area contributed by atoms with Crippen LogP contribution in [0.1, 0.15) is 18.2 Å². The molecule has 7 nitrogen and oxygen atoms in total. The summed E-state index contributed by atoms with van der Waals surface area (Å²) in [6.07, 6.45) is 7.34. The molecule has 3 heterocycles. The molecule has 1 aromatic carbocycles. The lowest BCUT2D eigenvalue weighted by Gasteiger charge is -2.16. The summed E-state index contributed by atoms with van der Waals surface area (Å²) in [6, 6.07) is 13.1. The highest BCUT2D eigenvalue weighted by atomic mass is 16.5. The van der Waals surface area contributed by atoms with E-state index in [0.717, 1.165) is 39.5 Å². The summed E-state index contributed by atoms with van der Waals surface area (Å²) >= 11 is 0. The van der Waals surface area contributed by atoms with Crippen LogP contribution in [-0.2, 0) is 13.6 Å². The van der Waals surface area contributed by atoms with Crippen LogP contribution in [0.25, 0.3) is 16.8 Å². The van der Waals surface area contributed by atoms with Crippen molar-refractivity contribution in [2.24, 2.45) is 7.05 Å². The van der Waals surface area contributed by atoms with E-state index in [1.807, 2.05) is 69.7 Å². The first kappa shape index (κ1) is 20.4. The maximum Gasteiger partial charge on any atom is 0.257 e. The summed E-state index contributed by atoms with van der Waals surface area (Å²) in [4.78, 5) is 17.4. The summed E-state index contributed by atoms with van der Waals surface area (Å²) in [5.74, 6) is 0.790. The summed E-state index contributed by atoms with van der Waals surface area (Å²) in [5.41, 5.74) is 5.09. The molecule has 0 fully saturated rings. The lowest BCUT2D eigenvalue weighted by Crippen LogP contribution is -2.19. The first-order chi connectivity index (χ1) is 15.0. The minimum atomic E-state index is -0.122. The first-order valence-electron chi connectivity index (χ1n) is 10.2. The van der Waals surface area contributed by atoms with Gasteiger partial charge < -0.3 is 10.1 Å². The highest BCUT2D eigenvalue weighted by Crippen LogP contribution is 2.28. The molecule has 0 saturated heterocycles. The summed E-state index contributed by atoms with van der Waals surface area (Å²) in [7, 11) is 1.87. The fraction of sp³-hybridized carbons (Fsp3) is 0.208. The van der Waals surface area contributed by atoms with Crippen molar-refractivity contribution in [3.63, 3.8) is 0 Å².